The van der Waals surface area contributed by atoms with Crippen LogP contribution in [0.4, 0.5) is 0 Å². The van der Waals surface area contributed by atoms with Gasteiger partial charge in [0.1, 0.15) is 0 Å². The third-order valence-corrected chi connectivity index (χ3v) is 2.21. The van der Waals surface area contributed by atoms with E-state index in [1.165, 1.54) is 0 Å². The molecule has 0 aromatic heterocycles. The van der Waals surface area contributed by atoms with Gasteiger partial charge in [-0.05, 0) is 18.8 Å². The lowest BCUT2D eigenvalue weighted by Crippen LogP contribution is -2.13. The van der Waals surface area contributed by atoms with E-state index in [2.05, 4.69) is 0 Å². The summed E-state index contributed by atoms with van der Waals surface area (Å²) in [5, 5.41) is 9.10. The Morgan fingerprint density at radius 2 is 2.25 bits per heavy atom. The summed E-state index contributed by atoms with van der Waals surface area (Å²) in [6, 6.07) is 0. The largest absolute Gasteiger partial charge is 0.393 e. The minimum Gasteiger partial charge on any atom is -0.393 e. The molecule has 8 heavy (non-hydrogen) atoms. The van der Waals surface area contributed by atoms with Crippen molar-refractivity contribution < 1.29 is 5.11 Å². The molecule has 0 spiro atoms. The van der Waals surface area contributed by atoms with E-state index >= 15 is 0 Å². The fourth-order valence-corrected chi connectivity index (χ4v) is 1.56. The molecule has 2 atom stereocenters. The summed E-state index contributed by atoms with van der Waals surface area (Å²) in [5.74, 6) is 1.01. The van der Waals surface area contributed by atoms with Crippen molar-refractivity contribution in [3.63, 3.8) is 0 Å². The number of aliphatic hydroxyl groups excluding tert-OH is 1. The highest BCUT2D eigenvalue weighted by atomic mass is 35.5. The molecule has 2 heteroatoms. The molecule has 1 aliphatic rings. The fourth-order valence-electron chi connectivity index (χ4n) is 1.20. The summed E-state index contributed by atoms with van der Waals surface area (Å²) in [6.07, 6.45) is 3.12. The van der Waals surface area contributed by atoms with Crippen molar-refractivity contribution >= 4 is 11.6 Å². The molecule has 0 bridgehead atoms. The summed E-state index contributed by atoms with van der Waals surface area (Å²) in [5.41, 5.74) is 0. The first-order valence-electron chi connectivity index (χ1n) is 3.08. The molecule has 1 saturated carbocycles. The zero-order valence-electron chi connectivity index (χ0n) is 4.81. The number of hydrogen-bond acceptors (Lipinski definition) is 1. The Kier molecular flexibility index (Phi) is 2.15. The molecule has 0 amide bonds. The van der Waals surface area contributed by atoms with Crippen molar-refractivity contribution in [3.8, 4) is 0 Å². The molecule has 0 aromatic carbocycles. The van der Waals surface area contributed by atoms with E-state index in [0.29, 0.717) is 11.8 Å². The minimum absolute atomic E-state index is 0.104. The van der Waals surface area contributed by atoms with Crippen LogP contribution in [0.1, 0.15) is 19.3 Å². The Morgan fingerprint density at radius 1 is 1.50 bits per heavy atom. The van der Waals surface area contributed by atoms with Gasteiger partial charge in [-0.1, -0.05) is 6.42 Å². The van der Waals surface area contributed by atoms with E-state index in [9.17, 15) is 0 Å². The third-order valence-electron chi connectivity index (χ3n) is 1.82. The average molecular weight is 135 g/mol. The first-order valence-corrected chi connectivity index (χ1v) is 3.62. The zero-order valence-corrected chi connectivity index (χ0v) is 5.56. The van der Waals surface area contributed by atoms with Gasteiger partial charge in [-0.3, -0.25) is 0 Å². The average Bonchev–Trinajstić information content (AvgIpc) is 2.14. The second kappa shape index (κ2) is 2.70. The van der Waals surface area contributed by atoms with Crippen LogP contribution >= 0.6 is 11.6 Å². The number of alkyl halides is 1. The molecule has 0 aromatic rings. The smallest absolute Gasteiger partial charge is 0.0579 e. The molecule has 1 rings (SSSR count). The Balaban J connectivity index is 2.30. The number of halogens is 1. The van der Waals surface area contributed by atoms with Crippen LogP contribution in [0.5, 0.6) is 0 Å². The Bertz CT molecular complexity index is 74.9. The quantitative estimate of drug-likeness (QED) is 0.538. The van der Waals surface area contributed by atoms with Crippen LogP contribution in [0.2, 0.25) is 0 Å². The van der Waals surface area contributed by atoms with Gasteiger partial charge in [0, 0.05) is 5.88 Å². The van der Waals surface area contributed by atoms with Gasteiger partial charge in [-0.15, -0.1) is 11.6 Å². The lowest BCUT2D eigenvalue weighted by atomic mass is 10.1. The van der Waals surface area contributed by atoms with Gasteiger partial charge in [-0.2, -0.15) is 0 Å². The summed E-state index contributed by atoms with van der Waals surface area (Å²) < 4.78 is 0. The maximum atomic E-state index is 9.10. The standard InChI is InChI=1S/C6H11ClO/c7-4-5-2-1-3-6(5)8/h5-6,8H,1-4H2. The van der Waals surface area contributed by atoms with Gasteiger partial charge < -0.3 is 5.11 Å². The van der Waals surface area contributed by atoms with E-state index in [-0.39, 0.29) is 6.10 Å². The van der Waals surface area contributed by atoms with Crippen LogP contribution in [-0.4, -0.2) is 17.1 Å². The summed E-state index contributed by atoms with van der Waals surface area (Å²) in [4.78, 5) is 0. The number of rotatable bonds is 1. The van der Waals surface area contributed by atoms with E-state index in [4.69, 9.17) is 16.7 Å². The maximum Gasteiger partial charge on any atom is 0.0579 e. The lowest BCUT2D eigenvalue weighted by Gasteiger charge is -2.07. The van der Waals surface area contributed by atoms with Gasteiger partial charge in [0.05, 0.1) is 6.10 Å². The molecule has 1 nitrogen and oxygen atoms in total. The van der Waals surface area contributed by atoms with E-state index in [0.717, 1.165) is 19.3 Å². The lowest BCUT2D eigenvalue weighted by molar-refractivity contribution is 0.143. The molecule has 0 saturated heterocycles. The normalized spacial score (nSPS) is 38.2. The van der Waals surface area contributed by atoms with Crippen molar-refractivity contribution in [2.45, 2.75) is 25.4 Å². The second-order valence-electron chi connectivity index (χ2n) is 2.41. The van der Waals surface area contributed by atoms with Gasteiger partial charge in [-0.25, -0.2) is 0 Å². The van der Waals surface area contributed by atoms with Gasteiger partial charge in [0.25, 0.3) is 0 Å². The van der Waals surface area contributed by atoms with Crippen molar-refractivity contribution in [2.24, 2.45) is 5.92 Å². The van der Waals surface area contributed by atoms with Crippen LogP contribution in [0.3, 0.4) is 0 Å². The molecule has 1 aliphatic carbocycles. The summed E-state index contributed by atoms with van der Waals surface area (Å²) in [6.45, 7) is 0. The van der Waals surface area contributed by atoms with E-state index < -0.39 is 0 Å². The molecule has 1 fully saturated rings. The monoisotopic (exact) mass is 134 g/mol. The molecular formula is C6H11ClO. The van der Waals surface area contributed by atoms with Crippen LogP contribution in [0, 0.1) is 5.92 Å². The molecule has 1 N–H and O–H groups in total. The van der Waals surface area contributed by atoms with Crippen molar-refractivity contribution in [1.82, 2.24) is 0 Å². The summed E-state index contributed by atoms with van der Waals surface area (Å²) >= 11 is 5.54. The summed E-state index contributed by atoms with van der Waals surface area (Å²) in [7, 11) is 0. The molecule has 0 radical (unpaired) electrons. The van der Waals surface area contributed by atoms with Gasteiger partial charge in [0.15, 0.2) is 0 Å². The first kappa shape index (κ1) is 6.37. The third kappa shape index (κ3) is 1.15. The van der Waals surface area contributed by atoms with Gasteiger partial charge >= 0.3 is 0 Å². The van der Waals surface area contributed by atoms with E-state index in [1.807, 2.05) is 0 Å². The Hall–Kier alpha value is 0.250. The van der Waals surface area contributed by atoms with E-state index in [1.54, 1.807) is 0 Å². The molecule has 48 valence electrons. The highest BCUT2D eigenvalue weighted by Gasteiger charge is 2.23. The van der Waals surface area contributed by atoms with Crippen molar-refractivity contribution in [1.29, 1.82) is 0 Å². The van der Waals surface area contributed by atoms with Crippen molar-refractivity contribution in [3.05, 3.63) is 0 Å². The van der Waals surface area contributed by atoms with Crippen molar-refractivity contribution in [2.75, 3.05) is 5.88 Å². The fraction of sp³-hybridized carbons (Fsp3) is 1.00. The van der Waals surface area contributed by atoms with Crippen LogP contribution in [0.25, 0.3) is 0 Å². The molecule has 0 heterocycles. The topological polar surface area (TPSA) is 20.2 Å². The number of aliphatic hydroxyl groups is 1. The predicted octanol–water partition coefficient (Wildman–Crippen LogP) is 1.39. The second-order valence-corrected chi connectivity index (χ2v) is 2.72. The van der Waals surface area contributed by atoms with Gasteiger partial charge in [0.2, 0.25) is 0 Å². The molecular weight excluding hydrogens is 124 g/mol. The number of hydrogen-bond donors (Lipinski definition) is 1. The Morgan fingerprint density at radius 3 is 2.50 bits per heavy atom. The first-order chi connectivity index (χ1) is 3.84. The minimum atomic E-state index is -0.104. The molecule has 2 unspecified atom stereocenters. The van der Waals surface area contributed by atoms with Crippen LogP contribution in [0.15, 0.2) is 0 Å². The SMILES string of the molecule is OC1CCCC1CCl. The highest BCUT2D eigenvalue weighted by molar-refractivity contribution is 6.18. The zero-order chi connectivity index (χ0) is 5.98. The van der Waals surface area contributed by atoms with Crippen LogP contribution in [-0.2, 0) is 0 Å². The highest BCUT2D eigenvalue weighted by Crippen LogP contribution is 2.25. The maximum absolute atomic E-state index is 9.10. The van der Waals surface area contributed by atoms with Crippen LogP contribution < -0.4 is 0 Å². The Labute approximate surface area is 54.7 Å². The predicted molar refractivity (Wildman–Crippen MR) is 34.1 cm³/mol. The molecule has 0 aliphatic heterocycles.